The first-order chi connectivity index (χ1) is 13.7. The van der Waals surface area contributed by atoms with Gasteiger partial charge < -0.3 is 9.64 Å². The van der Waals surface area contributed by atoms with Gasteiger partial charge in [0.25, 0.3) is 5.69 Å². The van der Waals surface area contributed by atoms with E-state index < -0.39 is 14.9 Å². The predicted molar refractivity (Wildman–Crippen MR) is 104 cm³/mol. The van der Waals surface area contributed by atoms with Crippen molar-refractivity contribution in [2.24, 2.45) is 5.14 Å². The van der Waals surface area contributed by atoms with E-state index in [1.54, 1.807) is 4.90 Å². The minimum Gasteiger partial charge on any atom is -0.447 e. The molecule has 2 aromatic rings. The number of nitro benzene ring substituents is 1. The van der Waals surface area contributed by atoms with Crippen molar-refractivity contribution >= 4 is 33.2 Å². The maximum atomic E-state index is 11.9. The highest BCUT2D eigenvalue weighted by atomic mass is 32.2. The van der Waals surface area contributed by atoms with Crippen LogP contribution in [0.1, 0.15) is 11.1 Å². The normalized spacial score (nSPS) is 16.5. The van der Waals surface area contributed by atoms with E-state index in [-0.39, 0.29) is 16.7 Å². The number of nitrogens with two attached hydrogens (primary N) is 1. The Hall–Kier alpha value is -3.18. The average molecular weight is 418 g/mol. The minimum absolute atomic E-state index is 0.305. The van der Waals surface area contributed by atoms with Gasteiger partial charge in [-0.25, -0.2) is 18.4 Å². The van der Waals surface area contributed by atoms with Gasteiger partial charge in [0.05, 0.1) is 22.1 Å². The smallest absolute Gasteiger partial charge is 0.414 e. The molecule has 11 heteroatoms. The quantitative estimate of drug-likeness (QED) is 0.590. The molecule has 0 radical (unpaired) electrons. The maximum Gasteiger partial charge on any atom is 0.414 e. The van der Waals surface area contributed by atoms with Crippen LogP contribution < -0.4 is 14.9 Å². The van der Waals surface area contributed by atoms with Crippen LogP contribution in [0.15, 0.2) is 41.3 Å². The molecule has 1 saturated heterocycles. The van der Waals surface area contributed by atoms with Gasteiger partial charge in [-0.15, -0.1) is 0 Å². The summed E-state index contributed by atoms with van der Waals surface area (Å²) in [5, 5.41) is 16.4. The third-order valence-electron chi connectivity index (χ3n) is 5.07. The number of benzene rings is 2. The Morgan fingerprint density at radius 3 is 2.62 bits per heavy atom. The topological polar surface area (TPSA) is 136 Å². The van der Waals surface area contributed by atoms with Crippen LogP contribution in [0.5, 0.6) is 0 Å². The van der Waals surface area contributed by atoms with E-state index in [9.17, 15) is 23.3 Å². The summed E-state index contributed by atoms with van der Waals surface area (Å²) in [6, 6.07) is 9.26. The summed E-state index contributed by atoms with van der Waals surface area (Å²) in [5.74, 6) is 0. The number of cyclic esters (lactones) is 1. The number of nitro groups is 1. The van der Waals surface area contributed by atoms with Crippen LogP contribution >= 0.6 is 0 Å². The fourth-order valence-corrected chi connectivity index (χ4v) is 4.27. The highest BCUT2D eigenvalue weighted by Gasteiger charge is 2.29. The van der Waals surface area contributed by atoms with Gasteiger partial charge in [-0.1, -0.05) is 12.1 Å². The number of amides is 1. The summed E-state index contributed by atoms with van der Waals surface area (Å²) in [7, 11) is -4.09. The van der Waals surface area contributed by atoms with Crippen LogP contribution in [0.2, 0.25) is 0 Å². The Balaban J connectivity index is 1.70. The van der Waals surface area contributed by atoms with Crippen molar-refractivity contribution in [3.63, 3.8) is 0 Å². The molecule has 0 atom stereocenters. The standard InChI is InChI=1S/C18H18N4O6S/c19-29(26,27)15-9-13(8-14(10-15)22(24)25)20-5-4-16-12(11-20)2-1-3-17(16)21-6-7-28-18(21)23/h1-3,8-10H,4-7,11H2,(H2,19,26,27). The van der Waals surface area contributed by atoms with Crippen LogP contribution in [0, 0.1) is 10.1 Å². The number of primary sulfonamides is 1. The lowest BCUT2D eigenvalue weighted by Gasteiger charge is -2.33. The van der Waals surface area contributed by atoms with Crippen molar-refractivity contribution in [3.8, 4) is 0 Å². The molecule has 0 bridgehead atoms. The molecule has 0 saturated carbocycles. The lowest BCUT2D eigenvalue weighted by molar-refractivity contribution is -0.385. The minimum atomic E-state index is -4.09. The first-order valence-corrected chi connectivity index (χ1v) is 10.4. The van der Waals surface area contributed by atoms with Crippen LogP contribution in [-0.2, 0) is 27.7 Å². The highest BCUT2D eigenvalue weighted by molar-refractivity contribution is 7.89. The summed E-state index contributed by atoms with van der Waals surface area (Å²) in [6.07, 6.45) is 0.209. The molecule has 4 rings (SSSR count). The zero-order valence-corrected chi connectivity index (χ0v) is 16.1. The number of carbonyl (C=O) groups excluding carboxylic acids is 1. The van der Waals surface area contributed by atoms with E-state index in [4.69, 9.17) is 9.88 Å². The van der Waals surface area contributed by atoms with E-state index in [2.05, 4.69) is 0 Å². The molecule has 2 aliphatic heterocycles. The van der Waals surface area contributed by atoms with Crippen molar-refractivity contribution < 1.29 is 22.9 Å². The van der Waals surface area contributed by atoms with Crippen molar-refractivity contribution in [3.05, 3.63) is 57.6 Å². The molecule has 2 heterocycles. The molecule has 152 valence electrons. The highest BCUT2D eigenvalue weighted by Crippen LogP contribution is 2.34. The predicted octanol–water partition coefficient (Wildman–Crippen LogP) is 1.76. The first-order valence-electron chi connectivity index (χ1n) is 8.86. The van der Waals surface area contributed by atoms with E-state index in [0.29, 0.717) is 38.3 Å². The molecular formula is C18H18N4O6S. The lowest BCUT2D eigenvalue weighted by Crippen LogP contribution is -2.33. The Morgan fingerprint density at radius 2 is 1.97 bits per heavy atom. The van der Waals surface area contributed by atoms with Crippen molar-refractivity contribution in [1.82, 2.24) is 0 Å². The Kier molecular flexibility index (Phi) is 4.63. The molecule has 29 heavy (non-hydrogen) atoms. The van der Waals surface area contributed by atoms with Crippen LogP contribution in [0.3, 0.4) is 0 Å². The molecule has 1 fully saturated rings. The second-order valence-electron chi connectivity index (χ2n) is 6.84. The van der Waals surface area contributed by atoms with Gasteiger partial charge in [0.15, 0.2) is 0 Å². The van der Waals surface area contributed by atoms with Crippen molar-refractivity contribution in [1.29, 1.82) is 0 Å². The van der Waals surface area contributed by atoms with E-state index >= 15 is 0 Å². The maximum absolute atomic E-state index is 11.9. The largest absolute Gasteiger partial charge is 0.447 e. The molecule has 2 aliphatic rings. The number of carbonyl (C=O) groups is 1. The molecule has 2 N–H and O–H groups in total. The zero-order valence-electron chi connectivity index (χ0n) is 15.3. The SMILES string of the molecule is NS(=O)(=O)c1cc(N2CCc3c(cccc3N3CCOC3=O)C2)cc([N+](=O)[O-])c1. The summed E-state index contributed by atoms with van der Waals surface area (Å²) in [4.78, 5) is 25.7. The van der Waals surface area contributed by atoms with Gasteiger partial charge >= 0.3 is 6.09 Å². The zero-order chi connectivity index (χ0) is 20.8. The second kappa shape index (κ2) is 7.01. The number of fused-ring (bicyclic) bond motifs is 1. The number of sulfonamides is 1. The lowest BCUT2D eigenvalue weighted by atomic mass is 9.96. The number of rotatable bonds is 4. The Bertz CT molecular complexity index is 1120. The fourth-order valence-electron chi connectivity index (χ4n) is 3.70. The van der Waals surface area contributed by atoms with Gasteiger partial charge in [-0.3, -0.25) is 15.0 Å². The summed E-state index contributed by atoms with van der Waals surface area (Å²) in [5.41, 5.74) is 2.83. The third kappa shape index (κ3) is 3.61. The van der Waals surface area contributed by atoms with Gasteiger partial charge in [-0.05, 0) is 29.7 Å². The Labute approximate surface area is 166 Å². The molecule has 0 spiro atoms. The van der Waals surface area contributed by atoms with Crippen molar-refractivity contribution in [2.45, 2.75) is 17.9 Å². The number of nitrogens with zero attached hydrogens (tertiary/aromatic N) is 3. The molecule has 0 aromatic heterocycles. The molecule has 2 aromatic carbocycles. The van der Waals surface area contributed by atoms with E-state index in [1.807, 2.05) is 23.1 Å². The van der Waals surface area contributed by atoms with Crippen LogP contribution in [0.25, 0.3) is 0 Å². The molecule has 10 nitrogen and oxygen atoms in total. The van der Waals surface area contributed by atoms with Gasteiger partial charge in [0, 0.05) is 30.9 Å². The fraction of sp³-hybridized carbons (Fsp3) is 0.278. The van der Waals surface area contributed by atoms with Crippen molar-refractivity contribution in [2.75, 3.05) is 29.5 Å². The molecule has 0 unspecified atom stereocenters. The van der Waals surface area contributed by atoms with Gasteiger partial charge in [0.2, 0.25) is 10.0 Å². The summed E-state index contributed by atoms with van der Waals surface area (Å²) >= 11 is 0. The van der Waals surface area contributed by atoms with E-state index in [1.165, 1.54) is 12.1 Å². The van der Waals surface area contributed by atoms with Crippen LogP contribution in [-0.4, -0.2) is 39.1 Å². The van der Waals surface area contributed by atoms with E-state index in [0.717, 1.165) is 22.9 Å². The number of ether oxygens (including phenoxy) is 1. The summed E-state index contributed by atoms with van der Waals surface area (Å²) < 4.78 is 28.5. The van der Waals surface area contributed by atoms with Gasteiger partial charge in [-0.2, -0.15) is 0 Å². The molecular weight excluding hydrogens is 400 g/mol. The third-order valence-corrected chi connectivity index (χ3v) is 5.97. The number of hydrogen-bond donors (Lipinski definition) is 1. The second-order valence-corrected chi connectivity index (χ2v) is 8.40. The average Bonchev–Trinajstić information content (AvgIpc) is 3.11. The number of hydrogen-bond acceptors (Lipinski definition) is 7. The first kappa shape index (κ1) is 19.2. The molecule has 1 amide bonds. The molecule has 0 aliphatic carbocycles. The number of non-ortho nitro benzene ring substituents is 1. The summed E-state index contributed by atoms with van der Waals surface area (Å²) in [6.45, 7) is 1.75. The number of anilines is 2. The van der Waals surface area contributed by atoms with Crippen LogP contribution in [0.4, 0.5) is 21.9 Å². The Morgan fingerprint density at radius 1 is 1.17 bits per heavy atom. The van der Waals surface area contributed by atoms with Gasteiger partial charge in [0.1, 0.15) is 6.61 Å². The monoisotopic (exact) mass is 418 g/mol.